The number of nitrogens with zero attached hydrogens (tertiary/aromatic N) is 1. The molecule has 0 aliphatic carbocycles. The van der Waals surface area contributed by atoms with E-state index in [1.165, 1.54) is 17.3 Å². The molecule has 2 aromatic rings. The highest BCUT2D eigenvalue weighted by Crippen LogP contribution is 2.24. The molecule has 0 radical (unpaired) electrons. The molecule has 17 heavy (non-hydrogen) atoms. The molecular formula is C14H12ClNS. The Labute approximate surface area is 111 Å². The fourth-order valence-electron chi connectivity index (χ4n) is 1.33. The van der Waals surface area contributed by atoms with Crippen molar-refractivity contribution in [3.05, 3.63) is 60.2 Å². The lowest BCUT2D eigenvalue weighted by molar-refractivity contribution is 1.44. The number of thioether (sulfide) groups is 1. The molecule has 1 nitrogen and oxygen atoms in total. The fourth-order valence-corrected chi connectivity index (χ4v) is 2.33. The van der Waals surface area contributed by atoms with Crippen molar-refractivity contribution in [2.45, 2.75) is 11.8 Å². The first-order valence-electron chi connectivity index (χ1n) is 5.28. The van der Waals surface area contributed by atoms with Crippen molar-refractivity contribution >= 4 is 33.6 Å². The van der Waals surface area contributed by atoms with Gasteiger partial charge in [-0.05, 0) is 31.2 Å². The van der Waals surface area contributed by atoms with Gasteiger partial charge in [-0.2, -0.15) is 0 Å². The summed E-state index contributed by atoms with van der Waals surface area (Å²) >= 11 is 7.56. The second kappa shape index (κ2) is 5.89. The first-order valence-corrected chi connectivity index (χ1v) is 6.47. The van der Waals surface area contributed by atoms with E-state index in [1.54, 1.807) is 0 Å². The Hall–Kier alpha value is -1.25. The van der Waals surface area contributed by atoms with E-state index >= 15 is 0 Å². The van der Waals surface area contributed by atoms with E-state index in [2.05, 4.69) is 4.99 Å². The third kappa shape index (κ3) is 3.91. The van der Waals surface area contributed by atoms with Crippen LogP contribution in [0.2, 0.25) is 0 Å². The van der Waals surface area contributed by atoms with E-state index < -0.39 is 0 Å². The molecule has 0 aliphatic heterocycles. The highest BCUT2D eigenvalue weighted by molar-refractivity contribution is 8.16. The standard InChI is InChI=1S/C14H12ClNS/c1-11-7-9-12(10-8-11)16-14(15)17-13-5-3-2-4-6-13/h2-10H,1H3. The first-order chi connectivity index (χ1) is 8.24. The lowest BCUT2D eigenvalue weighted by Crippen LogP contribution is -1.79. The second-order valence-corrected chi connectivity index (χ2v) is 5.26. The largest absolute Gasteiger partial charge is 0.229 e. The zero-order valence-electron chi connectivity index (χ0n) is 9.43. The van der Waals surface area contributed by atoms with Gasteiger partial charge >= 0.3 is 0 Å². The summed E-state index contributed by atoms with van der Waals surface area (Å²) in [6.07, 6.45) is 0. The average molecular weight is 262 g/mol. The molecule has 3 heteroatoms. The fraction of sp³-hybridized carbons (Fsp3) is 0.0714. The molecule has 0 N–H and O–H groups in total. The van der Waals surface area contributed by atoms with Gasteiger partial charge in [-0.25, -0.2) is 4.99 Å². The van der Waals surface area contributed by atoms with Gasteiger partial charge in [0.25, 0.3) is 0 Å². The summed E-state index contributed by atoms with van der Waals surface area (Å²) in [5.41, 5.74) is 2.10. The van der Waals surface area contributed by atoms with Crippen LogP contribution in [0.15, 0.2) is 64.5 Å². The summed E-state index contributed by atoms with van der Waals surface area (Å²) in [6, 6.07) is 17.9. The summed E-state index contributed by atoms with van der Waals surface area (Å²) < 4.78 is 0.528. The zero-order valence-corrected chi connectivity index (χ0v) is 11.0. The maximum atomic E-state index is 6.10. The van der Waals surface area contributed by atoms with Gasteiger partial charge in [0.05, 0.1) is 5.69 Å². The summed E-state index contributed by atoms with van der Waals surface area (Å²) in [6.45, 7) is 2.05. The van der Waals surface area contributed by atoms with E-state index in [0.29, 0.717) is 4.50 Å². The predicted molar refractivity (Wildman–Crippen MR) is 76.4 cm³/mol. The lowest BCUT2D eigenvalue weighted by Gasteiger charge is -1.99. The number of rotatable bonds is 2. The molecule has 0 amide bonds. The smallest absolute Gasteiger partial charge is 0.168 e. The van der Waals surface area contributed by atoms with Crippen LogP contribution >= 0.6 is 23.4 Å². The number of benzene rings is 2. The summed E-state index contributed by atoms with van der Waals surface area (Å²) in [7, 11) is 0. The quantitative estimate of drug-likeness (QED) is 0.420. The van der Waals surface area contributed by atoms with Crippen LogP contribution in [0.4, 0.5) is 5.69 Å². The Bertz CT molecular complexity index is 506. The van der Waals surface area contributed by atoms with E-state index in [0.717, 1.165) is 10.6 Å². The molecule has 0 aliphatic rings. The van der Waals surface area contributed by atoms with Gasteiger partial charge in [0.2, 0.25) is 0 Å². The zero-order chi connectivity index (χ0) is 12.1. The topological polar surface area (TPSA) is 12.4 Å². The normalized spacial score (nSPS) is 11.5. The Balaban J connectivity index is 2.09. The predicted octanol–water partition coefficient (Wildman–Crippen LogP) is 5.01. The molecule has 2 aromatic carbocycles. The van der Waals surface area contributed by atoms with Crippen LogP contribution in [0.25, 0.3) is 0 Å². The van der Waals surface area contributed by atoms with Crippen LogP contribution in [-0.4, -0.2) is 4.50 Å². The molecular weight excluding hydrogens is 250 g/mol. The van der Waals surface area contributed by atoms with E-state index in [9.17, 15) is 0 Å². The third-order valence-corrected chi connectivity index (χ3v) is 3.28. The highest BCUT2D eigenvalue weighted by atomic mass is 35.5. The number of aliphatic imine (C=N–C) groups is 1. The first kappa shape index (κ1) is 12.2. The lowest BCUT2D eigenvalue weighted by atomic mass is 10.2. The van der Waals surface area contributed by atoms with Crippen molar-refractivity contribution < 1.29 is 0 Å². The van der Waals surface area contributed by atoms with Crippen molar-refractivity contribution in [3.63, 3.8) is 0 Å². The van der Waals surface area contributed by atoms with Crippen LogP contribution in [-0.2, 0) is 0 Å². The summed E-state index contributed by atoms with van der Waals surface area (Å²) in [5.74, 6) is 0. The van der Waals surface area contributed by atoms with Gasteiger partial charge < -0.3 is 0 Å². The molecule has 0 heterocycles. The maximum absolute atomic E-state index is 6.10. The Morgan fingerprint density at radius 3 is 2.29 bits per heavy atom. The van der Waals surface area contributed by atoms with E-state index in [4.69, 9.17) is 11.6 Å². The molecule has 0 spiro atoms. The Morgan fingerprint density at radius 1 is 1.00 bits per heavy atom. The summed E-state index contributed by atoms with van der Waals surface area (Å²) in [5, 5.41) is 0. The van der Waals surface area contributed by atoms with Gasteiger partial charge in [-0.1, -0.05) is 59.3 Å². The molecule has 2 rings (SSSR count). The van der Waals surface area contributed by atoms with E-state index in [-0.39, 0.29) is 0 Å². The van der Waals surface area contributed by atoms with Gasteiger partial charge in [-0.3, -0.25) is 0 Å². The Morgan fingerprint density at radius 2 is 1.65 bits per heavy atom. The molecule has 86 valence electrons. The minimum Gasteiger partial charge on any atom is -0.229 e. The number of aryl methyl sites for hydroxylation is 1. The van der Waals surface area contributed by atoms with Crippen LogP contribution in [0.1, 0.15) is 5.56 Å². The van der Waals surface area contributed by atoms with E-state index in [1.807, 2.05) is 61.5 Å². The minimum absolute atomic E-state index is 0.528. The average Bonchev–Trinajstić information content (AvgIpc) is 2.33. The molecule has 0 saturated heterocycles. The third-order valence-electron chi connectivity index (χ3n) is 2.20. The molecule has 0 atom stereocenters. The second-order valence-electron chi connectivity index (χ2n) is 3.62. The number of hydrogen-bond donors (Lipinski definition) is 0. The van der Waals surface area contributed by atoms with Crippen LogP contribution in [0.3, 0.4) is 0 Å². The van der Waals surface area contributed by atoms with Crippen molar-refractivity contribution in [1.82, 2.24) is 0 Å². The number of hydrogen-bond acceptors (Lipinski definition) is 2. The molecule has 0 bridgehead atoms. The van der Waals surface area contributed by atoms with Crippen molar-refractivity contribution in [2.75, 3.05) is 0 Å². The molecule has 0 saturated carbocycles. The SMILES string of the molecule is Cc1ccc(N=C(Cl)Sc2ccccc2)cc1. The van der Waals surface area contributed by atoms with Crippen molar-refractivity contribution in [3.8, 4) is 0 Å². The highest BCUT2D eigenvalue weighted by Gasteiger charge is 1.98. The number of halogens is 1. The van der Waals surface area contributed by atoms with Gasteiger partial charge in [0.15, 0.2) is 4.50 Å². The van der Waals surface area contributed by atoms with Gasteiger partial charge in [0.1, 0.15) is 0 Å². The van der Waals surface area contributed by atoms with Crippen LogP contribution in [0, 0.1) is 6.92 Å². The maximum Gasteiger partial charge on any atom is 0.168 e. The summed E-state index contributed by atoms with van der Waals surface area (Å²) in [4.78, 5) is 5.43. The van der Waals surface area contributed by atoms with Crippen molar-refractivity contribution in [1.29, 1.82) is 0 Å². The van der Waals surface area contributed by atoms with Crippen molar-refractivity contribution in [2.24, 2.45) is 4.99 Å². The van der Waals surface area contributed by atoms with Gasteiger partial charge in [-0.15, -0.1) is 0 Å². The van der Waals surface area contributed by atoms with Gasteiger partial charge in [0, 0.05) is 4.90 Å². The minimum atomic E-state index is 0.528. The Kier molecular flexibility index (Phi) is 4.24. The van der Waals surface area contributed by atoms with Crippen LogP contribution < -0.4 is 0 Å². The monoisotopic (exact) mass is 261 g/mol. The molecule has 0 fully saturated rings. The molecule has 0 unspecified atom stereocenters. The molecule has 0 aromatic heterocycles. The van der Waals surface area contributed by atoms with Crippen LogP contribution in [0.5, 0.6) is 0 Å².